The van der Waals surface area contributed by atoms with Crippen molar-refractivity contribution >= 4 is 11.9 Å². The van der Waals surface area contributed by atoms with Gasteiger partial charge in [-0.25, -0.2) is 0 Å². The summed E-state index contributed by atoms with van der Waals surface area (Å²) in [6.07, 6.45) is 1.58. The Morgan fingerprint density at radius 2 is 1.94 bits per heavy atom. The maximum Gasteiger partial charge on any atom is 0.317 e. The van der Waals surface area contributed by atoms with E-state index in [9.17, 15) is 9.59 Å². The van der Waals surface area contributed by atoms with Gasteiger partial charge >= 0.3 is 5.97 Å². The fourth-order valence-corrected chi connectivity index (χ4v) is 1.11. The quantitative estimate of drug-likeness (QED) is 0.648. The van der Waals surface area contributed by atoms with Crippen LogP contribution in [0.3, 0.4) is 0 Å². The van der Waals surface area contributed by atoms with Crippen LogP contribution < -0.4 is 5.32 Å². The first-order chi connectivity index (χ1) is 7.27. The number of nitrogens with one attached hydrogen (secondary N) is 1. The summed E-state index contributed by atoms with van der Waals surface area (Å²) >= 11 is 0. The molecule has 2 N–H and O–H groups in total. The first-order valence-electron chi connectivity index (χ1n) is 5.12. The molecule has 0 aliphatic carbocycles. The Labute approximate surface area is 96.1 Å². The molecule has 0 unspecified atom stereocenters. The van der Waals surface area contributed by atoms with E-state index in [0.29, 0.717) is 6.54 Å². The molecule has 0 bridgehead atoms. The van der Waals surface area contributed by atoms with Crippen molar-refractivity contribution in [1.82, 2.24) is 10.2 Å². The van der Waals surface area contributed by atoms with E-state index in [1.165, 1.54) is 0 Å². The molecule has 0 rings (SSSR count). The molecule has 0 fully saturated rings. The minimum Gasteiger partial charge on any atom is -0.480 e. The van der Waals surface area contributed by atoms with Gasteiger partial charge in [-0.2, -0.15) is 0 Å². The van der Waals surface area contributed by atoms with Crippen molar-refractivity contribution < 1.29 is 14.7 Å². The predicted molar refractivity (Wildman–Crippen MR) is 62.2 cm³/mol. The SMILES string of the molecule is C=CCNC(=O)CN(CC(=O)O)C(C)(C)C. The van der Waals surface area contributed by atoms with Crippen LogP contribution >= 0.6 is 0 Å². The molecular formula is C11H20N2O3. The molecule has 5 nitrogen and oxygen atoms in total. The van der Waals surface area contributed by atoms with E-state index in [2.05, 4.69) is 11.9 Å². The molecule has 0 aromatic heterocycles. The predicted octanol–water partition coefficient (Wildman–Crippen LogP) is 0.474. The number of rotatable bonds is 6. The Hall–Kier alpha value is -1.36. The van der Waals surface area contributed by atoms with Gasteiger partial charge in [-0.05, 0) is 20.8 Å². The van der Waals surface area contributed by atoms with E-state index in [0.717, 1.165) is 0 Å². The molecule has 0 aromatic rings. The number of carbonyl (C=O) groups is 2. The Morgan fingerprint density at radius 3 is 2.31 bits per heavy atom. The van der Waals surface area contributed by atoms with Crippen LogP contribution in [0.25, 0.3) is 0 Å². The monoisotopic (exact) mass is 228 g/mol. The Morgan fingerprint density at radius 1 is 1.38 bits per heavy atom. The molecule has 0 spiro atoms. The second-order valence-electron chi connectivity index (χ2n) is 4.51. The van der Waals surface area contributed by atoms with Crippen LogP contribution in [0.1, 0.15) is 20.8 Å². The van der Waals surface area contributed by atoms with Gasteiger partial charge in [-0.1, -0.05) is 6.08 Å². The molecule has 0 saturated carbocycles. The van der Waals surface area contributed by atoms with Crippen molar-refractivity contribution in [3.8, 4) is 0 Å². The molecule has 0 heterocycles. The Kier molecular flexibility index (Phi) is 5.74. The zero-order valence-electron chi connectivity index (χ0n) is 10.1. The highest BCUT2D eigenvalue weighted by Gasteiger charge is 2.25. The molecule has 5 heteroatoms. The minimum absolute atomic E-state index is 0.0731. The second-order valence-corrected chi connectivity index (χ2v) is 4.51. The third kappa shape index (κ3) is 6.19. The van der Waals surface area contributed by atoms with Gasteiger partial charge in [-0.15, -0.1) is 6.58 Å². The molecule has 0 aromatic carbocycles. The number of hydrogen-bond donors (Lipinski definition) is 2. The van der Waals surface area contributed by atoms with Crippen molar-refractivity contribution in [2.24, 2.45) is 0 Å². The van der Waals surface area contributed by atoms with E-state index in [1.54, 1.807) is 11.0 Å². The van der Waals surface area contributed by atoms with E-state index >= 15 is 0 Å². The summed E-state index contributed by atoms with van der Waals surface area (Å²) in [4.78, 5) is 23.7. The summed E-state index contributed by atoms with van der Waals surface area (Å²) in [6, 6.07) is 0. The van der Waals surface area contributed by atoms with Crippen LogP contribution in [0, 0.1) is 0 Å². The minimum atomic E-state index is -0.938. The highest BCUT2D eigenvalue weighted by atomic mass is 16.4. The summed E-state index contributed by atoms with van der Waals surface area (Å²) in [5, 5.41) is 11.4. The highest BCUT2D eigenvalue weighted by Crippen LogP contribution is 2.11. The van der Waals surface area contributed by atoms with E-state index in [1.807, 2.05) is 20.8 Å². The van der Waals surface area contributed by atoms with Crippen LogP contribution in [0.15, 0.2) is 12.7 Å². The average molecular weight is 228 g/mol. The van der Waals surface area contributed by atoms with E-state index < -0.39 is 5.97 Å². The van der Waals surface area contributed by atoms with Crippen molar-refractivity contribution in [2.75, 3.05) is 19.6 Å². The second kappa shape index (κ2) is 6.27. The molecule has 1 amide bonds. The summed E-state index contributed by atoms with van der Waals surface area (Å²) in [5.41, 5.74) is -0.357. The highest BCUT2D eigenvalue weighted by molar-refractivity contribution is 5.79. The number of carboxylic acid groups (broad SMARTS) is 1. The van der Waals surface area contributed by atoms with Crippen molar-refractivity contribution in [3.05, 3.63) is 12.7 Å². The maximum absolute atomic E-state index is 11.4. The number of nitrogens with zero attached hydrogens (tertiary/aromatic N) is 1. The smallest absolute Gasteiger partial charge is 0.317 e. The molecule has 0 atom stereocenters. The van der Waals surface area contributed by atoms with Crippen molar-refractivity contribution in [2.45, 2.75) is 26.3 Å². The maximum atomic E-state index is 11.4. The van der Waals surface area contributed by atoms with Gasteiger partial charge in [0.05, 0.1) is 13.1 Å². The van der Waals surface area contributed by atoms with Crippen LogP contribution in [-0.2, 0) is 9.59 Å². The standard InChI is InChI=1S/C11H20N2O3/c1-5-6-12-9(14)7-13(8-10(15)16)11(2,3)4/h5H,1,6-8H2,2-4H3,(H,12,14)(H,15,16). The first-order valence-corrected chi connectivity index (χ1v) is 5.12. The van der Waals surface area contributed by atoms with Gasteiger partial charge in [0.1, 0.15) is 0 Å². The van der Waals surface area contributed by atoms with Crippen LogP contribution in [0.5, 0.6) is 0 Å². The third-order valence-electron chi connectivity index (χ3n) is 2.05. The van der Waals surface area contributed by atoms with Gasteiger partial charge < -0.3 is 10.4 Å². The average Bonchev–Trinajstić information content (AvgIpc) is 2.11. The van der Waals surface area contributed by atoms with Crippen LogP contribution in [0.2, 0.25) is 0 Å². The van der Waals surface area contributed by atoms with E-state index in [4.69, 9.17) is 5.11 Å². The van der Waals surface area contributed by atoms with Crippen LogP contribution in [-0.4, -0.2) is 47.1 Å². The zero-order valence-corrected chi connectivity index (χ0v) is 10.1. The topological polar surface area (TPSA) is 69.6 Å². The Bertz CT molecular complexity index is 269. The third-order valence-corrected chi connectivity index (χ3v) is 2.05. The van der Waals surface area contributed by atoms with Crippen molar-refractivity contribution in [3.63, 3.8) is 0 Å². The number of carbonyl (C=O) groups excluding carboxylic acids is 1. The molecule has 0 saturated heterocycles. The lowest BCUT2D eigenvalue weighted by Gasteiger charge is -2.33. The Balaban J connectivity index is 4.37. The molecule has 0 aliphatic rings. The number of amides is 1. The number of aliphatic carboxylic acids is 1. The summed E-state index contributed by atoms with van der Waals surface area (Å²) in [6.45, 7) is 9.42. The number of hydrogen-bond acceptors (Lipinski definition) is 3. The van der Waals surface area contributed by atoms with Crippen molar-refractivity contribution in [1.29, 1.82) is 0 Å². The zero-order chi connectivity index (χ0) is 12.8. The largest absolute Gasteiger partial charge is 0.480 e. The normalized spacial score (nSPS) is 11.2. The first kappa shape index (κ1) is 14.6. The molecule has 0 aliphatic heterocycles. The molecule has 0 radical (unpaired) electrons. The summed E-state index contributed by atoms with van der Waals surface area (Å²) < 4.78 is 0. The summed E-state index contributed by atoms with van der Waals surface area (Å²) in [7, 11) is 0. The lowest BCUT2D eigenvalue weighted by Crippen LogP contribution is -2.49. The van der Waals surface area contributed by atoms with Gasteiger partial charge in [-0.3, -0.25) is 14.5 Å². The van der Waals surface area contributed by atoms with Gasteiger partial charge in [0, 0.05) is 12.1 Å². The van der Waals surface area contributed by atoms with Gasteiger partial charge in [0.15, 0.2) is 0 Å². The summed E-state index contributed by atoms with van der Waals surface area (Å²) in [5.74, 6) is -1.14. The van der Waals surface area contributed by atoms with E-state index in [-0.39, 0.29) is 24.5 Å². The van der Waals surface area contributed by atoms with Gasteiger partial charge in [0.25, 0.3) is 0 Å². The molecule has 92 valence electrons. The lowest BCUT2D eigenvalue weighted by molar-refractivity contribution is -0.140. The van der Waals surface area contributed by atoms with Crippen LogP contribution in [0.4, 0.5) is 0 Å². The van der Waals surface area contributed by atoms with Gasteiger partial charge in [0.2, 0.25) is 5.91 Å². The number of carboxylic acids is 1. The molecular weight excluding hydrogens is 208 g/mol. The fraction of sp³-hybridized carbons (Fsp3) is 0.636. The molecule has 16 heavy (non-hydrogen) atoms. The fourth-order valence-electron chi connectivity index (χ4n) is 1.11. The lowest BCUT2D eigenvalue weighted by atomic mass is 10.1.